The summed E-state index contributed by atoms with van der Waals surface area (Å²) in [7, 11) is 0. The van der Waals surface area contributed by atoms with Crippen molar-refractivity contribution in [2.45, 2.75) is 105 Å². The lowest BCUT2D eigenvalue weighted by molar-refractivity contribution is -0.117. The Bertz CT molecular complexity index is 601. The highest BCUT2D eigenvalue weighted by Gasteiger charge is 2.58. The lowest BCUT2D eigenvalue weighted by Gasteiger charge is -2.58. The van der Waals surface area contributed by atoms with E-state index in [2.05, 4.69) is 33.8 Å². The first-order valence-corrected chi connectivity index (χ1v) is 12.1. The van der Waals surface area contributed by atoms with Gasteiger partial charge >= 0.3 is 0 Å². The summed E-state index contributed by atoms with van der Waals surface area (Å²) >= 11 is 0. The lowest BCUT2D eigenvalue weighted by atomic mass is 9.46. The second-order valence-corrected chi connectivity index (χ2v) is 11.5. The van der Waals surface area contributed by atoms with E-state index in [0.717, 1.165) is 42.4 Å². The van der Waals surface area contributed by atoms with Crippen molar-refractivity contribution in [3.8, 4) is 0 Å². The minimum Gasteiger partial charge on any atom is -0.295 e. The summed E-state index contributed by atoms with van der Waals surface area (Å²) in [5, 5.41) is 0. The van der Waals surface area contributed by atoms with Gasteiger partial charge in [-0.15, -0.1) is 0 Å². The van der Waals surface area contributed by atoms with Gasteiger partial charge in [0.25, 0.3) is 0 Å². The van der Waals surface area contributed by atoms with Crippen LogP contribution in [0.4, 0.5) is 0 Å². The maximum Gasteiger partial charge on any atom is 0.155 e. The normalized spacial score (nSPS) is 43.9. The van der Waals surface area contributed by atoms with Gasteiger partial charge < -0.3 is 0 Å². The average Bonchev–Trinajstić information content (AvgIpc) is 2.96. The van der Waals surface area contributed by atoms with E-state index in [4.69, 9.17) is 0 Å². The zero-order valence-electron chi connectivity index (χ0n) is 18.4. The SMILES string of the molecule is CC(C)CCCCC1CCC2C3CCC4=CC(=O)CCC4(C)C3CCC12C. The molecule has 152 valence electrons. The third-order valence-corrected chi connectivity index (χ3v) is 9.74. The number of allylic oxidation sites excluding steroid dienone is 1. The van der Waals surface area contributed by atoms with Gasteiger partial charge in [0, 0.05) is 6.42 Å². The molecular formula is C26H42O. The molecule has 4 aliphatic rings. The molecule has 0 aromatic heterocycles. The fraction of sp³-hybridized carbons (Fsp3) is 0.885. The van der Waals surface area contributed by atoms with Crippen LogP contribution >= 0.6 is 0 Å². The molecule has 1 nitrogen and oxygen atoms in total. The molecule has 4 rings (SSSR count). The van der Waals surface area contributed by atoms with E-state index < -0.39 is 0 Å². The summed E-state index contributed by atoms with van der Waals surface area (Å²) in [4.78, 5) is 12.0. The predicted octanol–water partition coefficient (Wildman–Crippen LogP) is 7.35. The van der Waals surface area contributed by atoms with Crippen molar-refractivity contribution in [2.24, 2.45) is 40.4 Å². The zero-order chi connectivity index (χ0) is 19.2. The van der Waals surface area contributed by atoms with Crippen molar-refractivity contribution in [2.75, 3.05) is 0 Å². The third kappa shape index (κ3) is 3.36. The summed E-state index contributed by atoms with van der Waals surface area (Å²) in [5.74, 6) is 4.97. The molecule has 0 bridgehead atoms. The van der Waals surface area contributed by atoms with Gasteiger partial charge in [0.1, 0.15) is 0 Å². The van der Waals surface area contributed by atoms with Crippen molar-refractivity contribution < 1.29 is 4.79 Å². The van der Waals surface area contributed by atoms with Gasteiger partial charge in [-0.05, 0) is 97.9 Å². The van der Waals surface area contributed by atoms with E-state index in [-0.39, 0.29) is 0 Å². The van der Waals surface area contributed by atoms with Crippen molar-refractivity contribution in [1.82, 2.24) is 0 Å². The van der Waals surface area contributed by atoms with Crippen LogP contribution in [0.1, 0.15) is 105 Å². The second-order valence-electron chi connectivity index (χ2n) is 11.5. The standard InChI is InChI=1S/C26H42O/c1-18(2)7-5-6-8-19-10-12-23-22-11-9-20-17-21(27)13-15-26(20,4)24(22)14-16-25(19,23)3/h17-19,22-24H,5-16H2,1-4H3. The van der Waals surface area contributed by atoms with Gasteiger partial charge in [-0.25, -0.2) is 0 Å². The number of carbonyl (C=O) groups is 1. The highest BCUT2D eigenvalue weighted by molar-refractivity contribution is 5.91. The molecule has 0 aromatic rings. The summed E-state index contributed by atoms with van der Waals surface area (Å²) < 4.78 is 0. The maximum absolute atomic E-state index is 12.0. The summed E-state index contributed by atoms with van der Waals surface area (Å²) in [6.45, 7) is 9.91. The number of fused-ring (bicyclic) bond motifs is 5. The Kier molecular flexibility index (Phi) is 5.36. The van der Waals surface area contributed by atoms with E-state index >= 15 is 0 Å². The van der Waals surface area contributed by atoms with E-state index in [0.29, 0.717) is 16.6 Å². The fourth-order valence-electron chi connectivity index (χ4n) is 8.09. The van der Waals surface area contributed by atoms with Crippen LogP contribution in [0.2, 0.25) is 0 Å². The lowest BCUT2D eigenvalue weighted by Crippen LogP contribution is -2.50. The highest BCUT2D eigenvalue weighted by Crippen LogP contribution is 2.67. The van der Waals surface area contributed by atoms with Crippen LogP contribution in [0.15, 0.2) is 11.6 Å². The first-order chi connectivity index (χ1) is 12.8. The number of rotatable bonds is 5. The average molecular weight is 371 g/mol. The molecule has 0 saturated heterocycles. The van der Waals surface area contributed by atoms with E-state index in [9.17, 15) is 4.79 Å². The zero-order valence-corrected chi connectivity index (χ0v) is 18.4. The summed E-state index contributed by atoms with van der Waals surface area (Å²) in [6, 6.07) is 0. The fourth-order valence-corrected chi connectivity index (χ4v) is 8.09. The van der Waals surface area contributed by atoms with Crippen LogP contribution in [0, 0.1) is 40.4 Å². The number of unbranched alkanes of at least 4 members (excludes halogenated alkanes) is 1. The van der Waals surface area contributed by atoms with Gasteiger partial charge in [-0.3, -0.25) is 4.79 Å². The molecule has 0 radical (unpaired) electrons. The Balaban J connectivity index is 1.46. The van der Waals surface area contributed by atoms with Crippen LogP contribution in [0.3, 0.4) is 0 Å². The van der Waals surface area contributed by atoms with Crippen molar-refractivity contribution >= 4 is 5.78 Å². The number of carbonyl (C=O) groups excluding carboxylic acids is 1. The predicted molar refractivity (Wildman–Crippen MR) is 114 cm³/mol. The topological polar surface area (TPSA) is 17.1 Å². The monoisotopic (exact) mass is 370 g/mol. The molecule has 1 heteroatoms. The van der Waals surface area contributed by atoms with Gasteiger partial charge in [-0.2, -0.15) is 0 Å². The Labute approximate surface area is 167 Å². The van der Waals surface area contributed by atoms with Crippen LogP contribution in [0.25, 0.3) is 0 Å². The van der Waals surface area contributed by atoms with Gasteiger partial charge in [0.05, 0.1) is 0 Å². The van der Waals surface area contributed by atoms with Crippen molar-refractivity contribution in [1.29, 1.82) is 0 Å². The Morgan fingerprint density at radius 2 is 1.81 bits per heavy atom. The Hall–Kier alpha value is -0.590. The van der Waals surface area contributed by atoms with Gasteiger partial charge in [0.15, 0.2) is 5.78 Å². The van der Waals surface area contributed by atoms with Crippen molar-refractivity contribution in [3.63, 3.8) is 0 Å². The molecule has 0 aromatic carbocycles. The molecular weight excluding hydrogens is 328 g/mol. The Morgan fingerprint density at radius 1 is 1.00 bits per heavy atom. The minimum atomic E-state index is 0.341. The van der Waals surface area contributed by atoms with E-state index in [1.54, 1.807) is 0 Å². The molecule has 0 aliphatic heterocycles. The first-order valence-electron chi connectivity index (χ1n) is 12.1. The van der Waals surface area contributed by atoms with Crippen LogP contribution in [-0.4, -0.2) is 5.78 Å². The molecule has 0 spiro atoms. The Morgan fingerprint density at radius 3 is 2.59 bits per heavy atom. The number of hydrogen-bond donors (Lipinski definition) is 0. The molecule has 4 aliphatic carbocycles. The van der Waals surface area contributed by atoms with Gasteiger partial charge in [-0.1, -0.05) is 52.5 Å². The highest BCUT2D eigenvalue weighted by atomic mass is 16.1. The molecule has 0 N–H and O–H groups in total. The van der Waals surface area contributed by atoms with Gasteiger partial charge in [0.2, 0.25) is 0 Å². The molecule has 3 saturated carbocycles. The maximum atomic E-state index is 12.0. The van der Waals surface area contributed by atoms with Crippen molar-refractivity contribution in [3.05, 3.63) is 11.6 Å². The number of hydrogen-bond acceptors (Lipinski definition) is 1. The minimum absolute atomic E-state index is 0.341. The largest absolute Gasteiger partial charge is 0.295 e. The quantitative estimate of drug-likeness (QED) is 0.462. The molecule has 0 heterocycles. The van der Waals surface area contributed by atoms with E-state index in [1.807, 2.05) is 0 Å². The molecule has 6 atom stereocenters. The second kappa shape index (κ2) is 7.34. The first kappa shape index (κ1) is 19.7. The molecule has 0 amide bonds. The summed E-state index contributed by atoms with van der Waals surface area (Å²) in [6.07, 6.45) is 18.2. The van der Waals surface area contributed by atoms with E-state index in [1.165, 1.54) is 69.8 Å². The smallest absolute Gasteiger partial charge is 0.155 e. The third-order valence-electron chi connectivity index (χ3n) is 9.74. The molecule has 3 fully saturated rings. The number of ketones is 1. The van der Waals surface area contributed by atoms with Crippen LogP contribution in [0.5, 0.6) is 0 Å². The molecule has 27 heavy (non-hydrogen) atoms. The molecule has 6 unspecified atom stereocenters. The van der Waals surface area contributed by atoms with Crippen LogP contribution in [-0.2, 0) is 4.79 Å². The van der Waals surface area contributed by atoms with Crippen LogP contribution < -0.4 is 0 Å². The summed E-state index contributed by atoms with van der Waals surface area (Å²) in [5.41, 5.74) is 2.47.